The fraction of sp³-hybridized carbons (Fsp3) is 0.500. The van der Waals surface area contributed by atoms with E-state index in [0.29, 0.717) is 53.7 Å². The third-order valence-electron chi connectivity index (χ3n) is 10.8. The van der Waals surface area contributed by atoms with Crippen molar-refractivity contribution in [2.75, 3.05) is 19.8 Å². The van der Waals surface area contributed by atoms with Crippen LogP contribution in [0.2, 0.25) is 0 Å². The number of ether oxygens (including phenoxy) is 5. The van der Waals surface area contributed by atoms with Gasteiger partial charge in [0.25, 0.3) is 0 Å². The van der Waals surface area contributed by atoms with E-state index in [2.05, 4.69) is 25.8 Å². The molecule has 0 aliphatic rings. The molecule has 62 heavy (non-hydrogen) atoms. The van der Waals surface area contributed by atoms with Gasteiger partial charge in [-0.15, -0.1) is 0 Å². The fourth-order valence-electron chi connectivity index (χ4n) is 6.99. The van der Waals surface area contributed by atoms with Gasteiger partial charge in [0, 0.05) is 17.8 Å². The molecule has 0 radical (unpaired) electrons. The second-order valence-corrected chi connectivity index (χ2v) is 16.2. The van der Waals surface area contributed by atoms with Gasteiger partial charge in [0.15, 0.2) is 0 Å². The molecule has 0 aliphatic heterocycles. The van der Waals surface area contributed by atoms with Crippen LogP contribution in [-0.2, 0) is 0 Å². The molecule has 0 aliphatic carbocycles. The SMILES string of the molecule is CCCCCCCCCOc1ccc(N=Cc2ccc(OC(=O)c3ccc(OCCCCCCCCC)cc3)cc2OC(=O)c2ccc(OCCCCCCCCC)cc2)cc1. The molecule has 0 spiro atoms. The Balaban J connectivity index is 1.36. The fourth-order valence-corrected chi connectivity index (χ4v) is 6.99. The number of benzene rings is 4. The first-order valence-electron chi connectivity index (χ1n) is 23.8. The molecule has 0 amide bonds. The molecular formula is C54H73NO7. The van der Waals surface area contributed by atoms with E-state index >= 15 is 0 Å². The molecule has 4 aromatic carbocycles. The van der Waals surface area contributed by atoms with Crippen LogP contribution >= 0.6 is 0 Å². The second-order valence-electron chi connectivity index (χ2n) is 16.2. The number of hydrogen-bond donors (Lipinski definition) is 0. The molecule has 0 bridgehead atoms. The van der Waals surface area contributed by atoms with Crippen LogP contribution in [0.1, 0.15) is 182 Å². The molecular weight excluding hydrogens is 775 g/mol. The standard InChI is InChI=1S/C54H73NO7/c1-4-7-10-13-16-19-22-39-58-48-32-25-44(26-33-48)53(56)61-51-36-29-46(43-55-47-30-37-50(38-31-47)60-41-24-21-18-15-12-9-6-3)52(42-51)62-54(57)45-27-34-49(35-28-45)59-40-23-20-17-14-11-8-5-2/h25-38,42-43H,4-24,39-41H2,1-3H3. The first-order valence-corrected chi connectivity index (χ1v) is 23.8. The molecule has 0 atom stereocenters. The van der Waals surface area contributed by atoms with E-state index < -0.39 is 11.9 Å². The minimum atomic E-state index is -0.559. The quantitative estimate of drug-likeness (QED) is 0.0204. The van der Waals surface area contributed by atoms with Crippen molar-refractivity contribution in [3.05, 3.63) is 108 Å². The monoisotopic (exact) mass is 848 g/mol. The highest BCUT2D eigenvalue weighted by Crippen LogP contribution is 2.28. The summed E-state index contributed by atoms with van der Waals surface area (Å²) >= 11 is 0. The van der Waals surface area contributed by atoms with Crippen molar-refractivity contribution in [1.82, 2.24) is 0 Å². The van der Waals surface area contributed by atoms with Gasteiger partial charge in [0.2, 0.25) is 0 Å². The number of aliphatic imine (C=N–C) groups is 1. The lowest BCUT2D eigenvalue weighted by Crippen LogP contribution is -2.11. The van der Waals surface area contributed by atoms with Gasteiger partial charge in [-0.05, 0) is 104 Å². The van der Waals surface area contributed by atoms with E-state index in [1.54, 1.807) is 66.9 Å². The Kier molecular flexibility index (Phi) is 24.6. The van der Waals surface area contributed by atoms with Gasteiger partial charge >= 0.3 is 11.9 Å². The van der Waals surface area contributed by atoms with Crippen molar-refractivity contribution in [3.8, 4) is 28.7 Å². The van der Waals surface area contributed by atoms with E-state index in [4.69, 9.17) is 23.7 Å². The van der Waals surface area contributed by atoms with E-state index in [0.717, 1.165) is 37.9 Å². The molecule has 0 fully saturated rings. The minimum Gasteiger partial charge on any atom is -0.494 e. The van der Waals surface area contributed by atoms with E-state index in [-0.39, 0.29) is 11.5 Å². The first-order chi connectivity index (χ1) is 30.5. The summed E-state index contributed by atoms with van der Waals surface area (Å²) in [5.41, 5.74) is 1.99. The summed E-state index contributed by atoms with van der Waals surface area (Å²) in [6.07, 6.45) is 27.3. The Morgan fingerprint density at radius 1 is 0.419 bits per heavy atom. The predicted octanol–water partition coefficient (Wildman–Crippen LogP) is 15.3. The van der Waals surface area contributed by atoms with Crippen LogP contribution in [0.3, 0.4) is 0 Å². The molecule has 0 N–H and O–H groups in total. The summed E-state index contributed by atoms with van der Waals surface area (Å²) < 4.78 is 29.5. The van der Waals surface area contributed by atoms with Gasteiger partial charge in [-0.25, -0.2) is 9.59 Å². The van der Waals surface area contributed by atoms with Gasteiger partial charge < -0.3 is 23.7 Å². The lowest BCUT2D eigenvalue weighted by molar-refractivity contribution is 0.0732. The molecule has 336 valence electrons. The number of carbonyl (C=O) groups excluding carboxylic acids is 2. The maximum Gasteiger partial charge on any atom is 0.343 e. The molecule has 8 nitrogen and oxygen atoms in total. The average Bonchev–Trinajstić information content (AvgIpc) is 3.29. The lowest BCUT2D eigenvalue weighted by Gasteiger charge is -2.12. The maximum atomic E-state index is 13.5. The first kappa shape index (κ1) is 49.5. The molecule has 0 saturated heterocycles. The molecule has 4 rings (SSSR count). The summed E-state index contributed by atoms with van der Waals surface area (Å²) in [4.78, 5) is 31.4. The smallest absolute Gasteiger partial charge is 0.343 e. The van der Waals surface area contributed by atoms with Crippen LogP contribution in [0.15, 0.2) is 96.0 Å². The summed E-state index contributed by atoms with van der Waals surface area (Å²) in [5, 5.41) is 0. The molecule has 0 aromatic heterocycles. The number of esters is 2. The zero-order valence-corrected chi connectivity index (χ0v) is 38.0. The number of unbranched alkanes of at least 4 members (excludes halogenated alkanes) is 18. The van der Waals surface area contributed by atoms with Crippen LogP contribution in [0.4, 0.5) is 5.69 Å². The van der Waals surface area contributed by atoms with Gasteiger partial charge in [-0.3, -0.25) is 4.99 Å². The number of hydrogen-bond acceptors (Lipinski definition) is 8. The molecule has 0 heterocycles. The Morgan fingerprint density at radius 3 is 1.19 bits per heavy atom. The van der Waals surface area contributed by atoms with E-state index in [1.807, 2.05) is 24.3 Å². The van der Waals surface area contributed by atoms with E-state index in [1.165, 1.54) is 109 Å². The topological polar surface area (TPSA) is 92.7 Å². The Hall–Kier alpha value is -5.11. The summed E-state index contributed by atoms with van der Waals surface area (Å²) in [7, 11) is 0. The Bertz CT molecular complexity index is 1840. The third-order valence-corrected chi connectivity index (χ3v) is 10.8. The number of carbonyl (C=O) groups is 2. The van der Waals surface area contributed by atoms with Gasteiger partial charge in [-0.1, -0.05) is 136 Å². The molecule has 4 aromatic rings. The van der Waals surface area contributed by atoms with Gasteiger partial charge in [0.05, 0.1) is 36.6 Å². The zero-order valence-electron chi connectivity index (χ0n) is 38.0. The maximum absolute atomic E-state index is 13.5. The second kappa shape index (κ2) is 30.8. The minimum absolute atomic E-state index is 0.201. The highest BCUT2D eigenvalue weighted by molar-refractivity contribution is 5.94. The zero-order chi connectivity index (χ0) is 43.9. The van der Waals surface area contributed by atoms with Gasteiger partial charge in [0.1, 0.15) is 28.7 Å². The van der Waals surface area contributed by atoms with Crippen LogP contribution in [0, 0.1) is 0 Å². The Labute approximate surface area is 372 Å². The highest BCUT2D eigenvalue weighted by atomic mass is 16.5. The Morgan fingerprint density at radius 2 is 0.774 bits per heavy atom. The number of nitrogens with zero attached hydrogens (tertiary/aromatic N) is 1. The average molecular weight is 848 g/mol. The largest absolute Gasteiger partial charge is 0.494 e. The van der Waals surface area contributed by atoms with Crippen LogP contribution in [-0.4, -0.2) is 38.0 Å². The summed E-state index contributed by atoms with van der Waals surface area (Å²) in [6.45, 7) is 8.67. The van der Waals surface area contributed by atoms with Crippen LogP contribution < -0.4 is 23.7 Å². The highest BCUT2D eigenvalue weighted by Gasteiger charge is 2.16. The third kappa shape index (κ3) is 20.2. The molecule has 0 saturated carbocycles. The van der Waals surface area contributed by atoms with Crippen LogP contribution in [0.5, 0.6) is 28.7 Å². The van der Waals surface area contributed by atoms with E-state index in [9.17, 15) is 9.59 Å². The van der Waals surface area contributed by atoms with Crippen molar-refractivity contribution >= 4 is 23.8 Å². The number of rotatable bonds is 33. The summed E-state index contributed by atoms with van der Waals surface area (Å²) in [6, 6.07) is 26.4. The predicted molar refractivity (Wildman–Crippen MR) is 253 cm³/mol. The van der Waals surface area contributed by atoms with Crippen LogP contribution in [0.25, 0.3) is 0 Å². The molecule has 0 unspecified atom stereocenters. The van der Waals surface area contributed by atoms with Crippen molar-refractivity contribution in [1.29, 1.82) is 0 Å². The van der Waals surface area contributed by atoms with Crippen molar-refractivity contribution in [2.24, 2.45) is 4.99 Å². The van der Waals surface area contributed by atoms with Gasteiger partial charge in [-0.2, -0.15) is 0 Å². The van der Waals surface area contributed by atoms with Crippen molar-refractivity contribution < 1.29 is 33.3 Å². The summed E-state index contributed by atoms with van der Waals surface area (Å²) in [5.74, 6) is 1.55. The lowest BCUT2D eigenvalue weighted by atomic mass is 10.1. The van der Waals surface area contributed by atoms with Crippen molar-refractivity contribution in [2.45, 2.75) is 156 Å². The van der Waals surface area contributed by atoms with Crippen molar-refractivity contribution in [3.63, 3.8) is 0 Å². The molecule has 8 heteroatoms. The normalized spacial score (nSPS) is 11.1.